The van der Waals surface area contributed by atoms with E-state index in [2.05, 4.69) is 0 Å². The van der Waals surface area contributed by atoms with Crippen LogP contribution in [0.2, 0.25) is 0 Å². The van der Waals surface area contributed by atoms with Gasteiger partial charge < -0.3 is 18.9 Å². The third-order valence-corrected chi connectivity index (χ3v) is 8.13. The van der Waals surface area contributed by atoms with Crippen LogP contribution in [-0.2, 0) is 20.8 Å². The van der Waals surface area contributed by atoms with Crippen molar-refractivity contribution >= 4 is 27.5 Å². The van der Waals surface area contributed by atoms with E-state index in [9.17, 15) is 14.4 Å². The van der Waals surface area contributed by atoms with Gasteiger partial charge in [0.05, 0.1) is 43.0 Å². The van der Waals surface area contributed by atoms with Gasteiger partial charge in [-0.3, -0.25) is 9.36 Å². The number of methoxy groups -OCH3 is 1. The molecule has 3 heterocycles. The van der Waals surface area contributed by atoms with Crippen LogP contribution >= 0.6 is 11.3 Å². The van der Waals surface area contributed by atoms with E-state index in [1.807, 2.05) is 36.6 Å². The Hall–Kier alpha value is -3.73. The Morgan fingerprint density at radius 3 is 2.65 bits per heavy atom. The van der Waals surface area contributed by atoms with E-state index >= 15 is 0 Å². The standard InChI is InChI=1S/C30H32N2O7S/c1-4-38-29(34)20-8-7-9-21(16-20)32-27(33)26-19(2)18-40-28(26)31(30(32)35)17-25(39-22-12-14-37-15-13-22)23-10-5-6-11-24(23)36-3/h5-11,16,18,22,25H,4,12-15,17H2,1-3H3. The molecule has 0 N–H and O–H groups in total. The molecule has 1 atom stereocenters. The molecular formula is C30H32N2O7S. The Kier molecular flexibility index (Phi) is 8.49. The molecule has 0 amide bonds. The average molecular weight is 565 g/mol. The number of ether oxygens (including phenoxy) is 4. The molecular weight excluding hydrogens is 532 g/mol. The minimum absolute atomic E-state index is 0.0490. The molecule has 1 aliphatic heterocycles. The van der Waals surface area contributed by atoms with Crippen LogP contribution in [-0.4, -0.2) is 48.1 Å². The van der Waals surface area contributed by atoms with Gasteiger partial charge in [-0.1, -0.05) is 24.3 Å². The lowest BCUT2D eigenvalue weighted by atomic mass is 10.1. The summed E-state index contributed by atoms with van der Waals surface area (Å²) in [6, 6.07) is 14.0. The van der Waals surface area contributed by atoms with Gasteiger partial charge in [-0.2, -0.15) is 0 Å². The fourth-order valence-electron chi connectivity index (χ4n) is 5.03. The summed E-state index contributed by atoms with van der Waals surface area (Å²) in [7, 11) is 1.61. The Labute approximate surface area is 235 Å². The normalized spacial score (nSPS) is 14.8. The van der Waals surface area contributed by atoms with E-state index in [1.54, 1.807) is 36.8 Å². The molecule has 40 heavy (non-hydrogen) atoms. The number of aryl methyl sites for hydroxylation is 1. The Morgan fingerprint density at radius 1 is 1.12 bits per heavy atom. The van der Waals surface area contributed by atoms with Crippen LogP contribution in [0.4, 0.5) is 0 Å². The quantitative estimate of drug-likeness (QED) is 0.273. The summed E-state index contributed by atoms with van der Waals surface area (Å²) in [5.41, 5.74) is 1.18. The summed E-state index contributed by atoms with van der Waals surface area (Å²) in [6.45, 7) is 5.17. The van der Waals surface area contributed by atoms with Gasteiger partial charge in [-0.15, -0.1) is 11.3 Å². The molecule has 5 rings (SSSR count). The SMILES string of the molecule is CCOC(=O)c1cccc(-n2c(=O)c3c(C)csc3n(CC(OC3CCOCC3)c3ccccc3OC)c2=O)c1. The predicted octanol–water partition coefficient (Wildman–Crippen LogP) is 4.64. The number of nitrogens with zero attached hydrogens (tertiary/aromatic N) is 2. The molecule has 0 saturated carbocycles. The summed E-state index contributed by atoms with van der Waals surface area (Å²) in [5.74, 6) is 0.133. The molecule has 0 aliphatic carbocycles. The van der Waals surface area contributed by atoms with Crippen LogP contribution in [0.15, 0.2) is 63.5 Å². The highest BCUT2D eigenvalue weighted by Gasteiger charge is 2.27. The van der Waals surface area contributed by atoms with Crippen molar-refractivity contribution in [2.45, 2.75) is 45.4 Å². The van der Waals surface area contributed by atoms with Crippen molar-refractivity contribution in [3.05, 3.63) is 91.4 Å². The molecule has 1 saturated heterocycles. The van der Waals surface area contributed by atoms with Crippen molar-refractivity contribution in [1.29, 1.82) is 0 Å². The zero-order chi connectivity index (χ0) is 28.2. The highest BCUT2D eigenvalue weighted by molar-refractivity contribution is 7.17. The first-order valence-electron chi connectivity index (χ1n) is 13.3. The molecule has 0 radical (unpaired) electrons. The maximum absolute atomic E-state index is 14.1. The zero-order valence-electron chi connectivity index (χ0n) is 22.8. The summed E-state index contributed by atoms with van der Waals surface area (Å²) in [5, 5.41) is 2.33. The highest BCUT2D eigenvalue weighted by atomic mass is 32.1. The Balaban J connectivity index is 1.66. The number of carbonyl (C=O) groups is 1. The van der Waals surface area contributed by atoms with Gasteiger partial charge >= 0.3 is 11.7 Å². The molecule has 1 aliphatic rings. The molecule has 2 aromatic heterocycles. The first-order valence-corrected chi connectivity index (χ1v) is 14.2. The minimum atomic E-state index is -0.528. The van der Waals surface area contributed by atoms with Gasteiger partial charge in [0.15, 0.2) is 0 Å². The summed E-state index contributed by atoms with van der Waals surface area (Å²) >= 11 is 1.35. The smallest absolute Gasteiger partial charge is 0.338 e. The fraction of sp³-hybridized carbons (Fsp3) is 0.367. The second-order valence-corrected chi connectivity index (χ2v) is 10.4. The Morgan fingerprint density at radius 2 is 1.90 bits per heavy atom. The molecule has 0 spiro atoms. The number of esters is 1. The van der Waals surface area contributed by atoms with Crippen LogP contribution in [0.25, 0.3) is 15.9 Å². The van der Waals surface area contributed by atoms with E-state index in [-0.39, 0.29) is 24.8 Å². The number of rotatable bonds is 9. The van der Waals surface area contributed by atoms with Crippen molar-refractivity contribution < 1.29 is 23.7 Å². The number of aromatic nitrogens is 2. The number of benzene rings is 2. The van der Waals surface area contributed by atoms with Crippen LogP contribution in [0.5, 0.6) is 5.75 Å². The molecule has 10 heteroatoms. The van der Waals surface area contributed by atoms with Gasteiger partial charge in [0.1, 0.15) is 16.7 Å². The number of para-hydroxylation sites is 1. The topological polar surface area (TPSA) is 98.0 Å². The van der Waals surface area contributed by atoms with Crippen molar-refractivity contribution in [2.24, 2.45) is 0 Å². The monoisotopic (exact) mass is 564 g/mol. The van der Waals surface area contributed by atoms with Gasteiger partial charge in [-0.05, 0) is 61.9 Å². The van der Waals surface area contributed by atoms with E-state index in [4.69, 9.17) is 18.9 Å². The van der Waals surface area contributed by atoms with Crippen molar-refractivity contribution in [3.63, 3.8) is 0 Å². The predicted molar refractivity (Wildman–Crippen MR) is 153 cm³/mol. The number of carbonyl (C=O) groups excluding carboxylic acids is 1. The van der Waals surface area contributed by atoms with E-state index < -0.39 is 23.3 Å². The van der Waals surface area contributed by atoms with E-state index in [1.165, 1.54) is 17.4 Å². The second kappa shape index (κ2) is 12.2. The van der Waals surface area contributed by atoms with Gasteiger partial charge in [-0.25, -0.2) is 14.2 Å². The van der Waals surface area contributed by atoms with Gasteiger partial charge in [0, 0.05) is 18.8 Å². The van der Waals surface area contributed by atoms with Crippen LogP contribution < -0.4 is 16.0 Å². The first-order chi connectivity index (χ1) is 19.4. The lowest BCUT2D eigenvalue weighted by Gasteiger charge is -2.29. The molecule has 2 aromatic carbocycles. The Bertz CT molecular complexity index is 1630. The highest BCUT2D eigenvalue weighted by Crippen LogP contribution is 2.33. The van der Waals surface area contributed by atoms with Crippen molar-refractivity contribution in [1.82, 2.24) is 9.13 Å². The van der Waals surface area contributed by atoms with Crippen LogP contribution in [0.3, 0.4) is 0 Å². The summed E-state index contributed by atoms with van der Waals surface area (Å²) < 4.78 is 25.7. The molecule has 1 unspecified atom stereocenters. The minimum Gasteiger partial charge on any atom is -0.496 e. The lowest BCUT2D eigenvalue weighted by molar-refractivity contribution is -0.0752. The maximum atomic E-state index is 14.1. The number of fused-ring (bicyclic) bond motifs is 1. The largest absolute Gasteiger partial charge is 0.496 e. The summed E-state index contributed by atoms with van der Waals surface area (Å²) in [4.78, 5) is 40.9. The molecule has 210 valence electrons. The average Bonchev–Trinajstić information content (AvgIpc) is 3.37. The molecule has 0 bridgehead atoms. The first kappa shape index (κ1) is 27.8. The van der Waals surface area contributed by atoms with Crippen LogP contribution in [0.1, 0.15) is 47.4 Å². The lowest BCUT2D eigenvalue weighted by Crippen LogP contribution is -2.40. The third-order valence-electron chi connectivity index (χ3n) is 7.01. The third kappa shape index (κ3) is 5.47. The number of thiophene rings is 1. The van der Waals surface area contributed by atoms with Gasteiger partial charge in [0.25, 0.3) is 5.56 Å². The molecule has 4 aromatic rings. The van der Waals surface area contributed by atoms with Crippen molar-refractivity contribution in [3.8, 4) is 11.4 Å². The second-order valence-electron chi connectivity index (χ2n) is 9.58. The zero-order valence-corrected chi connectivity index (χ0v) is 23.6. The molecule has 1 fully saturated rings. The van der Waals surface area contributed by atoms with E-state index in [0.717, 1.165) is 28.5 Å². The maximum Gasteiger partial charge on any atom is 0.338 e. The fourth-order valence-corrected chi connectivity index (χ4v) is 6.08. The van der Waals surface area contributed by atoms with Crippen molar-refractivity contribution in [2.75, 3.05) is 26.9 Å². The summed E-state index contributed by atoms with van der Waals surface area (Å²) in [6.07, 6.45) is 0.911. The molecule has 9 nitrogen and oxygen atoms in total. The van der Waals surface area contributed by atoms with E-state index in [0.29, 0.717) is 34.9 Å². The number of hydrogen-bond donors (Lipinski definition) is 0. The van der Waals surface area contributed by atoms with Crippen LogP contribution in [0, 0.1) is 6.92 Å². The van der Waals surface area contributed by atoms with Gasteiger partial charge in [0.2, 0.25) is 0 Å². The number of hydrogen-bond acceptors (Lipinski definition) is 8.